The second-order valence-corrected chi connectivity index (χ2v) is 13.3. The fourth-order valence-electron chi connectivity index (χ4n) is 6.54. The van der Waals surface area contributed by atoms with E-state index in [0.717, 1.165) is 57.9 Å². The predicted molar refractivity (Wildman–Crippen MR) is 168 cm³/mol. The van der Waals surface area contributed by atoms with Crippen molar-refractivity contribution in [3.8, 4) is 0 Å². The van der Waals surface area contributed by atoms with Crippen molar-refractivity contribution >= 4 is 0 Å². The SMILES string of the molecule is CC(N)CCN1CC(C)N(CCC(C)N)C(C)C1.CCCC(C)CN1C(C)CN(CC(N)CCC)CC1C. The molecule has 2 heterocycles. The summed E-state index contributed by atoms with van der Waals surface area (Å²) in [6.07, 6.45) is 7.18. The minimum Gasteiger partial charge on any atom is -0.328 e. The molecular weight excluding hydrogens is 470 g/mol. The molecule has 2 rings (SSSR count). The summed E-state index contributed by atoms with van der Waals surface area (Å²) in [5.41, 5.74) is 17.9. The van der Waals surface area contributed by atoms with Gasteiger partial charge < -0.3 is 22.1 Å². The van der Waals surface area contributed by atoms with Crippen LogP contribution in [-0.2, 0) is 0 Å². The average Bonchev–Trinajstić information content (AvgIpc) is 2.80. The molecule has 8 unspecified atom stereocenters. The highest BCUT2D eigenvalue weighted by atomic mass is 15.3. The van der Waals surface area contributed by atoms with E-state index in [1.54, 1.807) is 0 Å². The summed E-state index contributed by atoms with van der Waals surface area (Å²) in [4.78, 5) is 10.5. The van der Waals surface area contributed by atoms with Crippen LogP contribution in [0.1, 0.15) is 101 Å². The Kier molecular flexibility index (Phi) is 17.8. The van der Waals surface area contributed by atoms with Crippen LogP contribution in [0.3, 0.4) is 0 Å². The first-order chi connectivity index (χ1) is 17.9. The normalized spacial score (nSPS) is 29.4. The molecule has 2 aliphatic rings. The van der Waals surface area contributed by atoms with Crippen molar-refractivity contribution in [2.75, 3.05) is 52.4 Å². The molecule has 0 aromatic rings. The largest absolute Gasteiger partial charge is 0.328 e. The summed E-state index contributed by atoms with van der Waals surface area (Å²) in [7, 11) is 0. The van der Waals surface area contributed by atoms with Gasteiger partial charge in [-0.2, -0.15) is 0 Å². The number of rotatable bonds is 14. The number of nitrogens with zero attached hydrogens (tertiary/aromatic N) is 4. The summed E-state index contributed by atoms with van der Waals surface area (Å²) in [6.45, 7) is 29.8. The van der Waals surface area contributed by atoms with Gasteiger partial charge >= 0.3 is 0 Å². The minimum absolute atomic E-state index is 0.306. The molecule has 0 spiro atoms. The van der Waals surface area contributed by atoms with Gasteiger partial charge in [0.1, 0.15) is 0 Å². The standard InChI is InChI=1S/C17H37N3.C14H32N4/c1-6-8-14(3)10-20-15(4)11-19(12-16(20)5)13-17(18)9-7-2;1-11(15)5-7-17-9-13(3)18(14(4)10-17)8-6-12(2)16/h14-17H,6-13,18H2,1-5H3;11-14H,5-10,15-16H2,1-4H3. The predicted octanol–water partition coefficient (Wildman–Crippen LogP) is 3.80. The van der Waals surface area contributed by atoms with Gasteiger partial charge in [0, 0.05) is 88.1 Å². The van der Waals surface area contributed by atoms with Crippen LogP contribution in [0.25, 0.3) is 0 Å². The Hall–Kier alpha value is -0.280. The van der Waals surface area contributed by atoms with Gasteiger partial charge in [0.25, 0.3) is 0 Å². The van der Waals surface area contributed by atoms with Gasteiger partial charge in [-0.15, -0.1) is 0 Å². The van der Waals surface area contributed by atoms with E-state index in [-0.39, 0.29) is 0 Å². The first-order valence-corrected chi connectivity index (χ1v) is 16.1. The summed E-state index contributed by atoms with van der Waals surface area (Å²) >= 11 is 0. The van der Waals surface area contributed by atoms with Crippen LogP contribution in [-0.4, -0.2) is 114 Å². The van der Waals surface area contributed by atoms with Crippen molar-refractivity contribution in [2.45, 2.75) is 143 Å². The van der Waals surface area contributed by atoms with E-state index in [1.807, 2.05) is 0 Å². The van der Waals surface area contributed by atoms with Gasteiger partial charge in [0.2, 0.25) is 0 Å². The van der Waals surface area contributed by atoms with Crippen molar-refractivity contribution in [3.05, 3.63) is 0 Å². The Balaban J connectivity index is 0.000000382. The number of hydrogen-bond donors (Lipinski definition) is 3. The molecule has 0 saturated carbocycles. The van der Waals surface area contributed by atoms with Crippen LogP contribution < -0.4 is 17.2 Å². The van der Waals surface area contributed by atoms with Gasteiger partial charge in [0.15, 0.2) is 0 Å². The fourth-order valence-corrected chi connectivity index (χ4v) is 6.54. The molecule has 2 aliphatic heterocycles. The maximum atomic E-state index is 6.21. The van der Waals surface area contributed by atoms with Crippen LogP contribution >= 0.6 is 0 Å². The Bertz CT molecular complexity index is 563. The molecular formula is C31H69N7. The number of piperazine rings is 2. The second-order valence-electron chi connectivity index (χ2n) is 13.3. The van der Waals surface area contributed by atoms with Crippen LogP contribution in [0, 0.1) is 5.92 Å². The molecule has 2 saturated heterocycles. The highest BCUT2D eigenvalue weighted by molar-refractivity contribution is 4.87. The lowest BCUT2D eigenvalue weighted by Crippen LogP contribution is -2.59. The van der Waals surface area contributed by atoms with Crippen molar-refractivity contribution in [1.82, 2.24) is 19.6 Å². The van der Waals surface area contributed by atoms with Crippen molar-refractivity contribution in [2.24, 2.45) is 23.1 Å². The molecule has 0 radical (unpaired) electrons. The second kappa shape index (κ2) is 19.0. The van der Waals surface area contributed by atoms with E-state index in [0.29, 0.717) is 42.3 Å². The average molecular weight is 540 g/mol. The zero-order valence-corrected chi connectivity index (χ0v) is 27.0. The van der Waals surface area contributed by atoms with Crippen LogP contribution in [0.2, 0.25) is 0 Å². The highest BCUT2D eigenvalue weighted by Gasteiger charge is 2.31. The Labute approximate surface area is 238 Å². The zero-order chi connectivity index (χ0) is 28.8. The van der Waals surface area contributed by atoms with E-state index < -0.39 is 0 Å². The lowest BCUT2D eigenvalue weighted by molar-refractivity contribution is 0.0255. The smallest absolute Gasteiger partial charge is 0.0198 e. The van der Waals surface area contributed by atoms with E-state index in [9.17, 15) is 0 Å². The summed E-state index contributed by atoms with van der Waals surface area (Å²) in [5, 5.41) is 0. The monoisotopic (exact) mass is 540 g/mol. The van der Waals surface area contributed by atoms with Gasteiger partial charge in [-0.1, -0.05) is 33.6 Å². The summed E-state index contributed by atoms with van der Waals surface area (Å²) in [6, 6.07) is 3.54. The lowest BCUT2D eigenvalue weighted by atomic mass is 10.0. The van der Waals surface area contributed by atoms with Gasteiger partial charge in [-0.05, 0) is 79.7 Å². The number of nitrogens with two attached hydrogens (primary N) is 3. The topological polar surface area (TPSA) is 91.0 Å². The Morgan fingerprint density at radius 2 is 1.03 bits per heavy atom. The molecule has 6 N–H and O–H groups in total. The maximum absolute atomic E-state index is 6.21. The maximum Gasteiger partial charge on any atom is 0.0198 e. The molecule has 2 fully saturated rings. The molecule has 7 heteroatoms. The Morgan fingerprint density at radius 1 is 0.579 bits per heavy atom. The third kappa shape index (κ3) is 13.9. The highest BCUT2D eigenvalue weighted by Crippen LogP contribution is 2.20. The molecule has 38 heavy (non-hydrogen) atoms. The number of hydrogen-bond acceptors (Lipinski definition) is 7. The van der Waals surface area contributed by atoms with Crippen molar-refractivity contribution in [1.29, 1.82) is 0 Å². The molecule has 0 bridgehead atoms. The van der Waals surface area contributed by atoms with E-state index in [1.165, 1.54) is 38.9 Å². The molecule has 8 atom stereocenters. The minimum atomic E-state index is 0.306. The van der Waals surface area contributed by atoms with E-state index in [4.69, 9.17) is 17.2 Å². The molecule has 7 nitrogen and oxygen atoms in total. The van der Waals surface area contributed by atoms with Gasteiger partial charge in [-0.3, -0.25) is 14.7 Å². The molecule has 0 aromatic carbocycles. The van der Waals surface area contributed by atoms with E-state index >= 15 is 0 Å². The van der Waals surface area contributed by atoms with Crippen molar-refractivity contribution in [3.63, 3.8) is 0 Å². The molecule has 0 aromatic heterocycles. The first kappa shape index (κ1) is 35.7. The molecule has 228 valence electrons. The summed E-state index contributed by atoms with van der Waals surface area (Å²) < 4.78 is 0. The van der Waals surface area contributed by atoms with Crippen LogP contribution in [0.5, 0.6) is 0 Å². The van der Waals surface area contributed by atoms with E-state index in [2.05, 4.69) is 81.9 Å². The molecule has 0 amide bonds. The third-order valence-electron chi connectivity index (χ3n) is 8.55. The lowest BCUT2D eigenvalue weighted by Gasteiger charge is -2.46. The first-order valence-electron chi connectivity index (χ1n) is 16.1. The Morgan fingerprint density at radius 3 is 1.50 bits per heavy atom. The van der Waals surface area contributed by atoms with Crippen molar-refractivity contribution < 1.29 is 0 Å². The third-order valence-corrected chi connectivity index (χ3v) is 8.55. The molecule has 0 aliphatic carbocycles. The fraction of sp³-hybridized carbons (Fsp3) is 1.00. The van der Waals surface area contributed by atoms with Crippen LogP contribution in [0.15, 0.2) is 0 Å². The zero-order valence-electron chi connectivity index (χ0n) is 27.0. The van der Waals surface area contributed by atoms with Gasteiger partial charge in [0.05, 0.1) is 0 Å². The summed E-state index contributed by atoms with van der Waals surface area (Å²) in [5.74, 6) is 0.818. The van der Waals surface area contributed by atoms with Crippen LogP contribution in [0.4, 0.5) is 0 Å². The quantitative estimate of drug-likeness (QED) is 0.309. The van der Waals surface area contributed by atoms with Gasteiger partial charge in [-0.25, -0.2) is 0 Å².